The number of carbonyl (C=O) groups excluding carboxylic acids is 2. The first-order valence-corrected chi connectivity index (χ1v) is 14.4. The second-order valence-corrected chi connectivity index (χ2v) is 11.1. The van der Waals surface area contributed by atoms with Gasteiger partial charge in [-0.05, 0) is 37.1 Å². The lowest BCUT2D eigenvalue weighted by Gasteiger charge is -2.27. The Morgan fingerprint density at radius 2 is 1.80 bits per heavy atom. The smallest absolute Gasteiger partial charge is 0.269 e. The molecule has 1 aliphatic heterocycles. The van der Waals surface area contributed by atoms with E-state index in [9.17, 15) is 23.3 Å². The van der Waals surface area contributed by atoms with Crippen LogP contribution in [0.3, 0.4) is 0 Å². The summed E-state index contributed by atoms with van der Waals surface area (Å²) in [7, 11) is -2.51. The highest BCUT2D eigenvalue weighted by atomic mass is 32.2. The Kier molecular flexibility index (Phi) is 8.68. The van der Waals surface area contributed by atoms with Crippen molar-refractivity contribution in [2.75, 3.05) is 30.4 Å². The van der Waals surface area contributed by atoms with Crippen LogP contribution in [0.5, 0.6) is 5.75 Å². The molecule has 3 aromatic carbocycles. The number of nitrogens with zero attached hydrogens (tertiary/aromatic N) is 5. The molecule has 212 valence electrons. The molecule has 0 aromatic heterocycles. The fourth-order valence-electron chi connectivity index (χ4n) is 4.60. The average Bonchev–Trinajstić information content (AvgIpc) is 3.14. The first kappa shape index (κ1) is 29.2. The SMILES string of the molecule is CCCN(Cc1ccccc1)c1cc(NC(C)=O)c(/N=N/c2cc3c(cc2C#N)S(=O)(=O)N(CC)C3=O)cc1OC. The number of rotatable bonds is 10. The molecule has 0 fully saturated rings. The molecule has 0 bridgehead atoms. The number of benzene rings is 3. The summed E-state index contributed by atoms with van der Waals surface area (Å²) < 4.78 is 31.9. The summed E-state index contributed by atoms with van der Waals surface area (Å²) in [5.74, 6) is -0.525. The van der Waals surface area contributed by atoms with Crippen molar-refractivity contribution in [3.8, 4) is 11.8 Å². The van der Waals surface area contributed by atoms with Gasteiger partial charge >= 0.3 is 0 Å². The number of methoxy groups -OCH3 is 1. The Hall–Kier alpha value is -4.76. The van der Waals surface area contributed by atoms with E-state index in [-0.39, 0.29) is 39.8 Å². The topological polar surface area (TPSA) is 145 Å². The summed E-state index contributed by atoms with van der Waals surface area (Å²) in [5.41, 5.74) is 2.33. The maximum atomic E-state index is 12.7. The van der Waals surface area contributed by atoms with Crippen molar-refractivity contribution in [1.29, 1.82) is 5.26 Å². The minimum absolute atomic E-state index is 0.0151. The third kappa shape index (κ3) is 5.90. The van der Waals surface area contributed by atoms with Crippen LogP contribution in [0.1, 0.15) is 48.7 Å². The van der Waals surface area contributed by atoms with Crippen LogP contribution in [0.25, 0.3) is 0 Å². The van der Waals surface area contributed by atoms with E-state index in [4.69, 9.17) is 4.74 Å². The molecule has 0 radical (unpaired) electrons. The van der Waals surface area contributed by atoms with E-state index in [0.717, 1.165) is 34.6 Å². The molecule has 0 saturated heterocycles. The number of fused-ring (bicyclic) bond motifs is 1. The number of ether oxygens (including phenoxy) is 1. The Morgan fingerprint density at radius 3 is 2.41 bits per heavy atom. The third-order valence-electron chi connectivity index (χ3n) is 6.45. The number of hydrogen-bond donors (Lipinski definition) is 1. The molecule has 1 heterocycles. The number of nitrogens with one attached hydrogen (secondary N) is 1. The van der Waals surface area contributed by atoms with Gasteiger partial charge in [-0.3, -0.25) is 9.59 Å². The fourth-order valence-corrected chi connectivity index (χ4v) is 6.19. The maximum Gasteiger partial charge on any atom is 0.269 e. The van der Waals surface area contributed by atoms with Crippen LogP contribution in [0, 0.1) is 11.3 Å². The lowest BCUT2D eigenvalue weighted by atomic mass is 10.1. The van der Waals surface area contributed by atoms with Crippen molar-refractivity contribution < 1.29 is 22.7 Å². The molecule has 1 N–H and O–H groups in total. The Bertz CT molecular complexity index is 1670. The molecule has 41 heavy (non-hydrogen) atoms. The van der Waals surface area contributed by atoms with E-state index in [1.165, 1.54) is 20.1 Å². The second-order valence-electron chi connectivity index (χ2n) is 9.28. The standard InChI is InChI=1S/C29H30N6O5S/c1-5-12-34(18-20-10-8-7-9-11-20)26-15-24(31-19(3)36)25(16-27(26)40-4)33-32-23-14-22-28(13-21(23)17-30)41(38,39)35(6-2)29(22)37/h7-11,13-16H,5-6,12,18H2,1-4H3,(H,31,36)/b33-32+. The number of amides is 2. The lowest BCUT2D eigenvalue weighted by Crippen LogP contribution is -2.29. The van der Waals surface area contributed by atoms with Crippen LogP contribution >= 0.6 is 0 Å². The maximum absolute atomic E-state index is 12.7. The van der Waals surface area contributed by atoms with Gasteiger partial charge in [0.05, 0.1) is 29.6 Å². The quantitative estimate of drug-likeness (QED) is 0.314. The molecule has 3 aromatic rings. The zero-order chi connectivity index (χ0) is 29.7. The van der Waals surface area contributed by atoms with Crippen LogP contribution in [-0.2, 0) is 21.4 Å². The van der Waals surface area contributed by atoms with Crippen molar-refractivity contribution >= 4 is 44.6 Å². The van der Waals surface area contributed by atoms with Gasteiger partial charge in [-0.1, -0.05) is 37.3 Å². The molecule has 0 saturated carbocycles. The van der Waals surface area contributed by atoms with Crippen molar-refractivity contribution in [2.45, 2.75) is 38.6 Å². The van der Waals surface area contributed by atoms with Gasteiger partial charge in [0.2, 0.25) is 5.91 Å². The highest BCUT2D eigenvalue weighted by Gasteiger charge is 2.41. The van der Waals surface area contributed by atoms with Crippen LogP contribution < -0.4 is 15.0 Å². The van der Waals surface area contributed by atoms with Gasteiger partial charge in [0.1, 0.15) is 28.1 Å². The molecule has 0 aliphatic carbocycles. The minimum atomic E-state index is -4.04. The van der Waals surface area contributed by atoms with Crippen molar-refractivity contribution in [3.05, 3.63) is 71.3 Å². The minimum Gasteiger partial charge on any atom is -0.494 e. The molecule has 1 aliphatic rings. The summed E-state index contributed by atoms with van der Waals surface area (Å²) in [6, 6.07) is 17.7. The predicted octanol–water partition coefficient (Wildman–Crippen LogP) is 5.52. The van der Waals surface area contributed by atoms with E-state index >= 15 is 0 Å². The second kappa shape index (κ2) is 12.2. The van der Waals surface area contributed by atoms with Gasteiger partial charge < -0.3 is 15.0 Å². The number of hydrogen-bond acceptors (Lipinski definition) is 9. The molecule has 12 heteroatoms. The molecule has 2 amide bonds. The summed E-state index contributed by atoms with van der Waals surface area (Å²) in [5, 5.41) is 21.0. The van der Waals surface area contributed by atoms with Gasteiger partial charge in [0.25, 0.3) is 15.9 Å². The molecular weight excluding hydrogens is 544 g/mol. The number of anilines is 2. The summed E-state index contributed by atoms with van der Waals surface area (Å²) in [6.45, 7) is 6.28. The van der Waals surface area contributed by atoms with Gasteiger partial charge in [0, 0.05) is 32.6 Å². The number of nitriles is 1. The molecule has 11 nitrogen and oxygen atoms in total. The summed E-state index contributed by atoms with van der Waals surface area (Å²) >= 11 is 0. The first-order valence-electron chi connectivity index (χ1n) is 13.0. The van der Waals surface area contributed by atoms with Gasteiger partial charge in [0.15, 0.2) is 0 Å². The van der Waals surface area contributed by atoms with Crippen molar-refractivity contribution in [3.63, 3.8) is 0 Å². The monoisotopic (exact) mass is 574 g/mol. The Labute approximate surface area is 239 Å². The Balaban J connectivity index is 1.79. The van der Waals surface area contributed by atoms with Crippen LogP contribution in [0.4, 0.5) is 22.7 Å². The van der Waals surface area contributed by atoms with E-state index in [2.05, 4.69) is 27.4 Å². The number of carbonyl (C=O) groups is 2. The third-order valence-corrected chi connectivity index (χ3v) is 8.35. The molecule has 4 rings (SSSR count). The number of azo groups is 1. The zero-order valence-corrected chi connectivity index (χ0v) is 24.0. The molecule has 0 unspecified atom stereocenters. The summed E-state index contributed by atoms with van der Waals surface area (Å²) in [6.07, 6.45) is 0.867. The average molecular weight is 575 g/mol. The fraction of sp³-hybridized carbons (Fsp3) is 0.276. The summed E-state index contributed by atoms with van der Waals surface area (Å²) in [4.78, 5) is 26.7. The van der Waals surface area contributed by atoms with Crippen molar-refractivity contribution in [2.24, 2.45) is 10.2 Å². The van der Waals surface area contributed by atoms with E-state index in [1.54, 1.807) is 19.1 Å². The van der Waals surface area contributed by atoms with Crippen LogP contribution in [0.2, 0.25) is 0 Å². The first-order chi connectivity index (χ1) is 19.6. The zero-order valence-electron chi connectivity index (χ0n) is 23.2. The van der Waals surface area contributed by atoms with E-state index < -0.39 is 15.9 Å². The molecule has 0 spiro atoms. The highest BCUT2D eigenvalue weighted by molar-refractivity contribution is 7.90. The van der Waals surface area contributed by atoms with Gasteiger partial charge in [-0.15, -0.1) is 10.2 Å². The van der Waals surface area contributed by atoms with E-state index in [1.807, 2.05) is 36.4 Å². The largest absolute Gasteiger partial charge is 0.494 e. The van der Waals surface area contributed by atoms with Gasteiger partial charge in [-0.2, -0.15) is 5.26 Å². The van der Waals surface area contributed by atoms with Crippen LogP contribution in [-0.4, -0.2) is 44.7 Å². The predicted molar refractivity (Wildman–Crippen MR) is 154 cm³/mol. The molecule has 0 atom stereocenters. The Morgan fingerprint density at radius 1 is 1.10 bits per heavy atom. The lowest BCUT2D eigenvalue weighted by molar-refractivity contribution is -0.114. The highest BCUT2D eigenvalue weighted by Crippen LogP contribution is 2.41. The van der Waals surface area contributed by atoms with E-state index in [0.29, 0.717) is 18.0 Å². The van der Waals surface area contributed by atoms with Crippen LogP contribution in [0.15, 0.2) is 69.7 Å². The normalized spacial score (nSPS) is 13.6. The number of sulfonamides is 1. The van der Waals surface area contributed by atoms with Gasteiger partial charge in [-0.25, -0.2) is 12.7 Å². The van der Waals surface area contributed by atoms with Crippen molar-refractivity contribution in [1.82, 2.24) is 4.31 Å². The molecular formula is C29H30N6O5S.